The van der Waals surface area contributed by atoms with Gasteiger partial charge in [0.2, 0.25) is 0 Å². The molecule has 1 atom stereocenters. The second-order valence-corrected chi connectivity index (χ2v) is 7.72. The molecule has 1 aliphatic rings. The number of likely N-dealkylation sites (tertiary alicyclic amines) is 1. The number of aryl methyl sites for hydroxylation is 1. The van der Waals surface area contributed by atoms with E-state index in [-0.39, 0.29) is 0 Å². The number of nitrogens with one attached hydrogen (secondary N) is 1. The summed E-state index contributed by atoms with van der Waals surface area (Å²) in [6.45, 7) is 4.20. The Bertz CT molecular complexity index is 908. The third-order valence-electron chi connectivity index (χ3n) is 4.81. The van der Waals surface area contributed by atoms with E-state index in [0.29, 0.717) is 11.8 Å². The fourth-order valence-corrected chi connectivity index (χ4v) is 4.37. The number of nitrogens with zero attached hydrogens (tertiary/aromatic N) is 3. The lowest BCUT2D eigenvalue weighted by atomic mass is 10.0. The maximum Gasteiger partial charge on any atom is 0.149 e. The van der Waals surface area contributed by atoms with Crippen LogP contribution in [0.2, 0.25) is 0 Å². The monoisotopic (exact) mass is 354 g/mol. The van der Waals surface area contributed by atoms with Gasteiger partial charge in [0.25, 0.3) is 0 Å². The second-order valence-electron chi connectivity index (χ2n) is 6.81. The van der Waals surface area contributed by atoms with Gasteiger partial charge < -0.3 is 15.3 Å². The van der Waals surface area contributed by atoms with Crippen LogP contribution in [0.1, 0.15) is 18.4 Å². The van der Waals surface area contributed by atoms with Gasteiger partial charge in [-0.15, -0.1) is 21.5 Å². The van der Waals surface area contributed by atoms with Crippen molar-refractivity contribution in [1.29, 1.82) is 0 Å². The minimum absolute atomic E-state index is 0.291. The number of piperidine rings is 1. The third-order valence-corrected chi connectivity index (χ3v) is 5.75. The Kier molecular flexibility index (Phi) is 4.31. The first-order valence-corrected chi connectivity index (χ1v) is 9.49. The summed E-state index contributed by atoms with van der Waals surface area (Å²) in [5.41, 5.74) is 2.48. The van der Waals surface area contributed by atoms with Crippen molar-refractivity contribution in [3.05, 3.63) is 35.2 Å². The number of phenolic OH excluding ortho intramolecular Hbond substituents is 1. The van der Waals surface area contributed by atoms with Crippen LogP contribution in [0.3, 0.4) is 0 Å². The molecule has 3 heterocycles. The van der Waals surface area contributed by atoms with E-state index >= 15 is 0 Å². The molecule has 1 aliphatic heterocycles. The number of hydrogen-bond acceptors (Lipinski definition) is 6. The van der Waals surface area contributed by atoms with Crippen molar-refractivity contribution < 1.29 is 5.11 Å². The van der Waals surface area contributed by atoms with Crippen LogP contribution in [0, 0.1) is 6.92 Å². The first-order chi connectivity index (χ1) is 12.1. The van der Waals surface area contributed by atoms with Crippen molar-refractivity contribution in [1.82, 2.24) is 15.1 Å². The second kappa shape index (κ2) is 6.61. The van der Waals surface area contributed by atoms with Gasteiger partial charge in [0.15, 0.2) is 0 Å². The molecular weight excluding hydrogens is 332 g/mol. The first-order valence-electron chi connectivity index (χ1n) is 8.61. The quantitative estimate of drug-likeness (QED) is 0.747. The molecule has 6 heteroatoms. The average molecular weight is 354 g/mol. The average Bonchev–Trinajstić information content (AvgIpc) is 3.06. The van der Waals surface area contributed by atoms with E-state index in [1.54, 1.807) is 11.3 Å². The molecule has 0 spiro atoms. The standard InChI is InChI=1S/C19H22N4OS/c1-12-10-16(20-14-4-3-8-23(2)11-14)21-22-17(12)15-6-5-13-7-9-25-19(13)18(15)24/h5-7,9-10,14,24H,3-4,8,11H2,1-2H3,(H,20,21)/t14-/m0/s1. The number of aromatic nitrogens is 2. The lowest BCUT2D eigenvalue weighted by molar-refractivity contribution is 0.260. The van der Waals surface area contributed by atoms with Crippen LogP contribution < -0.4 is 5.32 Å². The highest BCUT2D eigenvalue weighted by atomic mass is 32.1. The number of rotatable bonds is 3. The summed E-state index contributed by atoms with van der Waals surface area (Å²) in [5, 5.41) is 25.9. The topological polar surface area (TPSA) is 61.3 Å². The van der Waals surface area contributed by atoms with Crippen LogP contribution >= 0.6 is 11.3 Å². The summed E-state index contributed by atoms with van der Waals surface area (Å²) >= 11 is 1.54. The van der Waals surface area contributed by atoms with Crippen LogP contribution in [-0.2, 0) is 0 Å². The first kappa shape index (κ1) is 16.3. The Labute approximate surface area is 151 Å². The van der Waals surface area contributed by atoms with E-state index in [1.807, 2.05) is 36.6 Å². The summed E-state index contributed by atoms with van der Waals surface area (Å²) in [4.78, 5) is 2.34. The molecule has 5 nitrogen and oxygen atoms in total. The zero-order valence-corrected chi connectivity index (χ0v) is 15.3. The van der Waals surface area contributed by atoms with E-state index in [4.69, 9.17) is 0 Å². The highest BCUT2D eigenvalue weighted by molar-refractivity contribution is 7.17. The van der Waals surface area contributed by atoms with E-state index in [9.17, 15) is 5.11 Å². The van der Waals surface area contributed by atoms with Gasteiger partial charge in [-0.1, -0.05) is 6.07 Å². The highest BCUT2D eigenvalue weighted by Crippen LogP contribution is 2.38. The zero-order chi connectivity index (χ0) is 17.4. The Balaban J connectivity index is 1.61. The predicted molar refractivity (Wildman–Crippen MR) is 103 cm³/mol. The Morgan fingerprint density at radius 2 is 2.16 bits per heavy atom. The number of aromatic hydroxyl groups is 1. The highest BCUT2D eigenvalue weighted by Gasteiger charge is 2.18. The van der Waals surface area contributed by atoms with Gasteiger partial charge in [0.05, 0.1) is 10.4 Å². The van der Waals surface area contributed by atoms with Crippen molar-refractivity contribution in [2.24, 2.45) is 0 Å². The SMILES string of the molecule is Cc1cc(N[C@H]2CCCN(C)C2)nnc1-c1ccc2ccsc2c1O. The number of benzene rings is 1. The summed E-state index contributed by atoms with van der Waals surface area (Å²) in [5.74, 6) is 1.10. The van der Waals surface area contributed by atoms with Crippen LogP contribution in [0.25, 0.3) is 21.3 Å². The minimum Gasteiger partial charge on any atom is -0.506 e. The molecular formula is C19H22N4OS. The number of likely N-dealkylation sites (N-methyl/N-ethyl adjacent to an activating group) is 1. The molecule has 0 unspecified atom stereocenters. The number of fused-ring (bicyclic) bond motifs is 1. The molecule has 0 amide bonds. The van der Waals surface area contributed by atoms with Gasteiger partial charge in [-0.3, -0.25) is 0 Å². The van der Waals surface area contributed by atoms with Gasteiger partial charge in [-0.25, -0.2) is 0 Å². The summed E-state index contributed by atoms with van der Waals surface area (Å²) in [6.07, 6.45) is 2.36. The summed E-state index contributed by atoms with van der Waals surface area (Å²) < 4.78 is 0.895. The van der Waals surface area contributed by atoms with Crippen molar-refractivity contribution in [2.45, 2.75) is 25.8 Å². The number of anilines is 1. The molecule has 1 aromatic carbocycles. The molecule has 4 rings (SSSR count). The van der Waals surface area contributed by atoms with E-state index in [2.05, 4.69) is 27.5 Å². The predicted octanol–water partition coefficient (Wildman–Crippen LogP) is 3.88. The smallest absolute Gasteiger partial charge is 0.149 e. The fourth-order valence-electron chi connectivity index (χ4n) is 3.52. The van der Waals surface area contributed by atoms with Gasteiger partial charge in [-0.2, -0.15) is 0 Å². The lowest BCUT2D eigenvalue weighted by Crippen LogP contribution is -2.39. The van der Waals surface area contributed by atoms with Crippen LogP contribution in [0.5, 0.6) is 5.75 Å². The Morgan fingerprint density at radius 3 is 2.96 bits per heavy atom. The molecule has 2 N–H and O–H groups in total. The van der Waals surface area contributed by atoms with Crippen molar-refractivity contribution in [3.63, 3.8) is 0 Å². The molecule has 25 heavy (non-hydrogen) atoms. The Morgan fingerprint density at radius 1 is 1.28 bits per heavy atom. The lowest BCUT2D eigenvalue weighted by Gasteiger charge is -2.30. The van der Waals surface area contributed by atoms with Crippen molar-refractivity contribution in [2.75, 3.05) is 25.5 Å². The molecule has 0 bridgehead atoms. The molecule has 2 aromatic heterocycles. The maximum absolute atomic E-state index is 10.6. The van der Waals surface area contributed by atoms with Gasteiger partial charge in [0.1, 0.15) is 11.6 Å². The normalized spacial score (nSPS) is 18.6. The maximum atomic E-state index is 10.6. The summed E-state index contributed by atoms with van der Waals surface area (Å²) in [6, 6.07) is 8.39. The number of thiophene rings is 1. The third kappa shape index (κ3) is 3.19. The molecule has 130 valence electrons. The largest absolute Gasteiger partial charge is 0.506 e. The van der Waals surface area contributed by atoms with E-state index in [0.717, 1.165) is 52.2 Å². The van der Waals surface area contributed by atoms with E-state index in [1.165, 1.54) is 6.42 Å². The van der Waals surface area contributed by atoms with Crippen LogP contribution in [0.4, 0.5) is 5.82 Å². The zero-order valence-electron chi connectivity index (χ0n) is 14.5. The fraction of sp³-hybridized carbons (Fsp3) is 0.368. The molecule has 3 aromatic rings. The number of hydrogen-bond donors (Lipinski definition) is 2. The van der Waals surface area contributed by atoms with Crippen molar-refractivity contribution in [3.8, 4) is 17.0 Å². The summed E-state index contributed by atoms with van der Waals surface area (Å²) in [7, 11) is 2.15. The van der Waals surface area contributed by atoms with Gasteiger partial charge >= 0.3 is 0 Å². The van der Waals surface area contributed by atoms with Crippen molar-refractivity contribution >= 4 is 27.2 Å². The number of phenols is 1. The molecule has 0 radical (unpaired) electrons. The van der Waals surface area contributed by atoms with E-state index < -0.39 is 0 Å². The van der Waals surface area contributed by atoms with Gasteiger partial charge in [0, 0.05) is 18.2 Å². The van der Waals surface area contributed by atoms with Gasteiger partial charge in [-0.05, 0) is 67.9 Å². The Hall–Kier alpha value is -2.18. The molecule has 1 saturated heterocycles. The minimum atomic E-state index is 0.291. The molecule has 0 aliphatic carbocycles. The van der Waals surface area contributed by atoms with Crippen LogP contribution in [0.15, 0.2) is 29.6 Å². The van der Waals surface area contributed by atoms with Crippen LogP contribution in [-0.4, -0.2) is 46.4 Å². The molecule has 1 fully saturated rings. The molecule has 0 saturated carbocycles.